The van der Waals surface area contributed by atoms with Crippen molar-refractivity contribution in [3.8, 4) is 0 Å². The summed E-state index contributed by atoms with van der Waals surface area (Å²) in [5, 5.41) is 4.93. The van der Waals surface area contributed by atoms with E-state index in [1.807, 2.05) is 11.8 Å². The first-order valence-corrected chi connectivity index (χ1v) is 7.44. The minimum atomic E-state index is 0.316. The molecule has 2 rings (SSSR count). The molecule has 1 aliphatic heterocycles. The van der Waals surface area contributed by atoms with Crippen LogP contribution in [0.25, 0.3) is 0 Å². The summed E-state index contributed by atoms with van der Waals surface area (Å²) in [6.07, 6.45) is 4.16. The smallest absolute Gasteiger partial charge is 0.133 e. The van der Waals surface area contributed by atoms with Crippen molar-refractivity contribution in [2.24, 2.45) is 0 Å². The van der Waals surface area contributed by atoms with Gasteiger partial charge in [-0.25, -0.2) is 9.97 Å². The lowest BCUT2D eigenvalue weighted by molar-refractivity contribution is 0.127. The highest BCUT2D eigenvalue weighted by Gasteiger charge is 2.26. The number of hydrogen-bond acceptors (Lipinski definition) is 5. The van der Waals surface area contributed by atoms with E-state index >= 15 is 0 Å². The van der Waals surface area contributed by atoms with Gasteiger partial charge in [-0.15, -0.1) is 0 Å². The molecule has 1 aromatic rings. The predicted molar refractivity (Wildman–Crippen MR) is 75.2 cm³/mol. The highest BCUT2D eigenvalue weighted by Crippen LogP contribution is 2.34. The van der Waals surface area contributed by atoms with E-state index < -0.39 is 0 Å². The largest absolute Gasteiger partial charge is 0.377 e. The Kier molecular flexibility index (Phi) is 4.83. The summed E-state index contributed by atoms with van der Waals surface area (Å²) in [5.74, 6) is 0.959. The fourth-order valence-electron chi connectivity index (χ4n) is 1.98. The quantitative estimate of drug-likeness (QED) is 0.831. The average Bonchev–Trinajstić information content (AvgIpc) is 2.76. The standard InChI is InChI=1S/C13H21N3OS/c1-4-6-14-12-9(2)13(16-8-15-12)18-11-5-7-17-10(11)3/h8,10-11H,4-7H2,1-3H3,(H,14,15,16). The van der Waals surface area contributed by atoms with Gasteiger partial charge >= 0.3 is 0 Å². The third-order valence-corrected chi connectivity index (χ3v) is 4.71. The lowest BCUT2D eigenvalue weighted by Gasteiger charge is -2.15. The molecule has 2 unspecified atom stereocenters. The highest BCUT2D eigenvalue weighted by atomic mass is 32.2. The maximum atomic E-state index is 5.59. The van der Waals surface area contributed by atoms with Gasteiger partial charge in [-0.3, -0.25) is 0 Å². The summed E-state index contributed by atoms with van der Waals surface area (Å²) in [6, 6.07) is 0. The van der Waals surface area contributed by atoms with Crippen molar-refractivity contribution in [1.82, 2.24) is 9.97 Å². The highest BCUT2D eigenvalue weighted by molar-refractivity contribution is 8.00. The Bertz CT molecular complexity index is 400. The fraction of sp³-hybridized carbons (Fsp3) is 0.692. The maximum Gasteiger partial charge on any atom is 0.133 e. The van der Waals surface area contributed by atoms with Crippen molar-refractivity contribution in [2.45, 2.75) is 50.0 Å². The van der Waals surface area contributed by atoms with Gasteiger partial charge in [-0.1, -0.05) is 18.7 Å². The number of nitrogens with zero attached hydrogens (tertiary/aromatic N) is 2. The number of aromatic nitrogens is 2. The van der Waals surface area contributed by atoms with E-state index in [1.54, 1.807) is 6.33 Å². The van der Waals surface area contributed by atoms with Crippen molar-refractivity contribution >= 4 is 17.6 Å². The predicted octanol–water partition coefficient (Wildman–Crippen LogP) is 2.88. The van der Waals surface area contributed by atoms with Gasteiger partial charge in [-0.2, -0.15) is 0 Å². The number of nitrogens with one attached hydrogen (secondary N) is 1. The van der Waals surface area contributed by atoms with E-state index in [0.29, 0.717) is 11.4 Å². The van der Waals surface area contributed by atoms with Crippen molar-refractivity contribution in [2.75, 3.05) is 18.5 Å². The molecule has 0 bridgehead atoms. The zero-order chi connectivity index (χ0) is 13.0. The molecule has 1 saturated heterocycles. The topological polar surface area (TPSA) is 47.0 Å². The summed E-state index contributed by atoms with van der Waals surface area (Å²) in [6.45, 7) is 8.18. The number of rotatable bonds is 5. The molecule has 1 N–H and O–H groups in total. The Morgan fingerprint density at radius 1 is 1.50 bits per heavy atom. The van der Waals surface area contributed by atoms with Gasteiger partial charge in [0, 0.05) is 24.0 Å². The van der Waals surface area contributed by atoms with E-state index in [2.05, 4.69) is 36.1 Å². The maximum absolute atomic E-state index is 5.59. The Balaban J connectivity index is 2.07. The summed E-state index contributed by atoms with van der Waals surface area (Å²) >= 11 is 1.82. The summed E-state index contributed by atoms with van der Waals surface area (Å²) in [5.41, 5.74) is 1.15. The Morgan fingerprint density at radius 2 is 2.33 bits per heavy atom. The molecule has 2 atom stereocenters. The third-order valence-electron chi connectivity index (χ3n) is 3.15. The van der Waals surface area contributed by atoms with Gasteiger partial charge in [0.2, 0.25) is 0 Å². The Morgan fingerprint density at radius 3 is 3.00 bits per heavy atom. The zero-order valence-electron chi connectivity index (χ0n) is 11.3. The lowest BCUT2D eigenvalue weighted by Crippen LogP contribution is -2.14. The second-order valence-corrected chi connectivity index (χ2v) is 5.83. The van der Waals surface area contributed by atoms with Crippen LogP contribution in [0, 0.1) is 6.92 Å². The van der Waals surface area contributed by atoms with Crippen LogP contribution >= 0.6 is 11.8 Å². The summed E-state index contributed by atoms with van der Waals surface area (Å²) in [7, 11) is 0. The first kappa shape index (κ1) is 13.6. The molecule has 0 amide bonds. The second-order valence-electron chi connectivity index (χ2n) is 4.60. The van der Waals surface area contributed by atoms with E-state index in [0.717, 1.165) is 42.4 Å². The average molecular weight is 267 g/mol. The summed E-state index contributed by atoms with van der Waals surface area (Å²) < 4.78 is 5.59. The molecule has 18 heavy (non-hydrogen) atoms. The van der Waals surface area contributed by atoms with E-state index in [-0.39, 0.29) is 0 Å². The van der Waals surface area contributed by atoms with Crippen LogP contribution in [0.2, 0.25) is 0 Å². The molecule has 1 aromatic heterocycles. The monoisotopic (exact) mass is 267 g/mol. The molecular formula is C13H21N3OS. The minimum absolute atomic E-state index is 0.316. The summed E-state index contributed by atoms with van der Waals surface area (Å²) in [4.78, 5) is 8.70. The number of thioether (sulfide) groups is 1. The normalized spacial score (nSPS) is 23.3. The van der Waals surface area contributed by atoms with Gasteiger partial charge in [0.25, 0.3) is 0 Å². The van der Waals surface area contributed by atoms with E-state index in [1.165, 1.54) is 0 Å². The minimum Gasteiger partial charge on any atom is -0.377 e. The number of anilines is 1. The van der Waals surface area contributed by atoms with E-state index in [9.17, 15) is 0 Å². The van der Waals surface area contributed by atoms with E-state index in [4.69, 9.17) is 4.74 Å². The Labute approximate surface area is 113 Å². The zero-order valence-corrected chi connectivity index (χ0v) is 12.1. The Hall–Kier alpha value is -0.810. The molecule has 2 heterocycles. The SMILES string of the molecule is CCCNc1ncnc(SC2CCOC2C)c1C. The molecule has 1 fully saturated rings. The number of hydrogen-bond donors (Lipinski definition) is 1. The van der Waals surface area contributed by atoms with Crippen LogP contribution in [0.4, 0.5) is 5.82 Å². The van der Waals surface area contributed by atoms with Crippen molar-refractivity contribution < 1.29 is 4.74 Å². The van der Waals surface area contributed by atoms with Crippen LogP contribution in [0.5, 0.6) is 0 Å². The van der Waals surface area contributed by atoms with Crippen LogP contribution in [-0.4, -0.2) is 34.5 Å². The van der Waals surface area contributed by atoms with Crippen molar-refractivity contribution in [3.63, 3.8) is 0 Å². The molecule has 0 aromatic carbocycles. The molecule has 0 radical (unpaired) electrons. The van der Waals surface area contributed by atoms with Gasteiger partial charge in [0.05, 0.1) is 6.10 Å². The van der Waals surface area contributed by atoms with Gasteiger partial charge in [0.1, 0.15) is 17.2 Å². The first-order valence-electron chi connectivity index (χ1n) is 6.56. The van der Waals surface area contributed by atoms with Crippen LogP contribution in [0.15, 0.2) is 11.4 Å². The van der Waals surface area contributed by atoms with Gasteiger partial charge in [-0.05, 0) is 26.7 Å². The molecule has 4 nitrogen and oxygen atoms in total. The molecular weight excluding hydrogens is 246 g/mol. The second kappa shape index (κ2) is 6.38. The van der Waals surface area contributed by atoms with Crippen LogP contribution < -0.4 is 5.32 Å². The van der Waals surface area contributed by atoms with Crippen LogP contribution in [0.3, 0.4) is 0 Å². The lowest BCUT2D eigenvalue weighted by atomic mass is 10.3. The molecule has 1 aliphatic rings. The molecule has 100 valence electrons. The first-order chi connectivity index (χ1) is 8.72. The van der Waals surface area contributed by atoms with Gasteiger partial charge in [0.15, 0.2) is 0 Å². The number of ether oxygens (including phenoxy) is 1. The molecule has 5 heteroatoms. The van der Waals surface area contributed by atoms with Crippen molar-refractivity contribution in [3.05, 3.63) is 11.9 Å². The van der Waals surface area contributed by atoms with Crippen molar-refractivity contribution in [1.29, 1.82) is 0 Å². The van der Waals surface area contributed by atoms with Gasteiger partial charge < -0.3 is 10.1 Å². The third kappa shape index (κ3) is 3.14. The fourth-order valence-corrected chi connectivity index (χ4v) is 3.14. The van der Waals surface area contributed by atoms with Crippen LogP contribution in [0.1, 0.15) is 32.3 Å². The molecule has 0 saturated carbocycles. The molecule has 0 spiro atoms. The van der Waals surface area contributed by atoms with Crippen LogP contribution in [-0.2, 0) is 4.74 Å². The molecule has 0 aliphatic carbocycles.